The second-order valence-electron chi connectivity index (χ2n) is 5.46. The zero-order chi connectivity index (χ0) is 14.4. The number of anilines is 1. The molecule has 1 aromatic carbocycles. The molecule has 1 N–H and O–H groups in total. The molecule has 1 fully saturated rings. The van der Waals surface area contributed by atoms with Crippen molar-refractivity contribution in [3.63, 3.8) is 0 Å². The molecule has 2 rings (SSSR count). The lowest BCUT2D eigenvalue weighted by molar-refractivity contribution is 0.413. The largest absolute Gasteiger partial charge is 0.369 e. The Balaban J connectivity index is 2.03. The van der Waals surface area contributed by atoms with Gasteiger partial charge in [0.25, 0.3) is 10.1 Å². The molecule has 0 bridgehead atoms. The highest BCUT2D eigenvalue weighted by atomic mass is 32.2. The molecule has 1 aliphatic rings. The van der Waals surface area contributed by atoms with Crippen LogP contribution in [-0.2, 0) is 10.1 Å². The smallest absolute Gasteiger partial charge is 0.264 e. The van der Waals surface area contributed by atoms with E-state index in [9.17, 15) is 8.42 Å². The first-order chi connectivity index (χ1) is 9.56. The number of nitrogens with zero attached hydrogens (tertiary/aromatic N) is 1. The van der Waals surface area contributed by atoms with E-state index in [1.54, 1.807) is 0 Å². The van der Waals surface area contributed by atoms with E-state index in [4.69, 9.17) is 4.55 Å². The number of rotatable bonds is 6. The summed E-state index contributed by atoms with van der Waals surface area (Å²) in [5, 5.41) is 0. The van der Waals surface area contributed by atoms with Gasteiger partial charge in [-0.3, -0.25) is 4.55 Å². The van der Waals surface area contributed by atoms with Crippen molar-refractivity contribution >= 4 is 15.8 Å². The third-order valence-electron chi connectivity index (χ3n) is 3.90. The van der Waals surface area contributed by atoms with E-state index < -0.39 is 10.1 Å². The summed E-state index contributed by atoms with van der Waals surface area (Å²) in [4.78, 5) is 2.31. The Bertz CT molecular complexity index is 495. The predicted molar refractivity (Wildman–Crippen MR) is 81.7 cm³/mol. The van der Waals surface area contributed by atoms with Crippen molar-refractivity contribution in [2.24, 2.45) is 0 Å². The van der Waals surface area contributed by atoms with Crippen LogP contribution < -0.4 is 4.90 Å². The van der Waals surface area contributed by atoms with E-state index in [-0.39, 0.29) is 5.75 Å². The van der Waals surface area contributed by atoms with Crippen LogP contribution in [0.25, 0.3) is 0 Å². The van der Waals surface area contributed by atoms with Crippen LogP contribution in [0.4, 0.5) is 5.69 Å². The van der Waals surface area contributed by atoms with Gasteiger partial charge < -0.3 is 4.90 Å². The average Bonchev–Trinajstić information content (AvgIpc) is 2.44. The molecule has 4 nitrogen and oxygen atoms in total. The molecule has 1 aliphatic carbocycles. The minimum Gasteiger partial charge on any atom is -0.369 e. The fourth-order valence-corrected chi connectivity index (χ4v) is 3.45. The van der Waals surface area contributed by atoms with Crippen LogP contribution in [0.15, 0.2) is 30.3 Å². The normalized spacial score (nSPS) is 17.1. The van der Waals surface area contributed by atoms with Gasteiger partial charge in [0.1, 0.15) is 0 Å². The maximum Gasteiger partial charge on any atom is 0.264 e. The number of hydrogen-bond donors (Lipinski definition) is 1. The topological polar surface area (TPSA) is 57.6 Å². The molecule has 0 radical (unpaired) electrons. The van der Waals surface area contributed by atoms with Gasteiger partial charge in [-0.2, -0.15) is 8.42 Å². The second kappa shape index (κ2) is 7.09. The van der Waals surface area contributed by atoms with Gasteiger partial charge in [-0.1, -0.05) is 37.5 Å². The Labute approximate surface area is 121 Å². The first-order valence-electron chi connectivity index (χ1n) is 7.33. The summed E-state index contributed by atoms with van der Waals surface area (Å²) in [6, 6.07) is 10.6. The standard InChI is InChI=1S/C15H23NO3S/c17-20(18,19)13-7-12-16(14-8-3-1-4-9-14)15-10-5-2-6-11-15/h1,3-4,8-9,15H,2,5-7,10-13H2,(H,17,18,19). The Kier molecular flexibility index (Phi) is 5.43. The Morgan fingerprint density at radius 3 is 2.35 bits per heavy atom. The summed E-state index contributed by atoms with van der Waals surface area (Å²) in [7, 11) is -3.86. The first-order valence-corrected chi connectivity index (χ1v) is 8.94. The maximum absolute atomic E-state index is 10.9. The number of benzene rings is 1. The SMILES string of the molecule is O=S(=O)(O)CCCN(c1ccccc1)C1CCCCC1. The van der Waals surface area contributed by atoms with Gasteiger partial charge in [-0.05, 0) is 31.4 Å². The highest BCUT2D eigenvalue weighted by Gasteiger charge is 2.21. The first kappa shape index (κ1) is 15.3. The van der Waals surface area contributed by atoms with E-state index >= 15 is 0 Å². The molecule has 0 saturated heterocycles. The van der Waals surface area contributed by atoms with Crippen molar-refractivity contribution in [2.75, 3.05) is 17.2 Å². The van der Waals surface area contributed by atoms with E-state index in [1.165, 1.54) is 32.1 Å². The summed E-state index contributed by atoms with van der Waals surface area (Å²) in [6.45, 7) is 0.675. The maximum atomic E-state index is 10.9. The summed E-state index contributed by atoms with van der Waals surface area (Å²) in [6.07, 6.45) is 6.58. The molecule has 0 aliphatic heterocycles. The zero-order valence-corrected chi connectivity index (χ0v) is 12.6. The predicted octanol–water partition coefficient (Wildman–Crippen LogP) is 3.10. The van der Waals surface area contributed by atoms with Crippen molar-refractivity contribution in [1.82, 2.24) is 0 Å². The molecular weight excluding hydrogens is 274 g/mol. The highest BCUT2D eigenvalue weighted by Crippen LogP contribution is 2.27. The molecule has 1 aromatic rings. The molecule has 20 heavy (non-hydrogen) atoms. The summed E-state index contributed by atoms with van der Waals surface area (Å²) in [5.41, 5.74) is 1.15. The van der Waals surface area contributed by atoms with Gasteiger partial charge >= 0.3 is 0 Å². The molecule has 112 valence electrons. The van der Waals surface area contributed by atoms with E-state index in [0.717, 1.165) is 5.69 Å². The van der Waals surface area contributed by atoms with E-state index in [2.05, 4.69) is 17.0 Å². The monoisotopic (exact) mass is 297 g/mol. The molecule has 0 heterocycles. The quantitative estimate of drug-likeness (QED) is 0.820. The lowest BCUT2D eigenvalue weighted by Crippen LogP contribution is -2.38. The van der Waals surface area contributed by atoms with Gasteiger partial charge in [0.05, 0.1) is 5.75 Å². The summed E-state index contributed by atoms with van der Waals surface area (Å²) < 4.78 is 30.6. The Morgan fingerprint density at radius 1 is 1.10 bits per heavy atom. The molecule has 0 aromatic heterocycles. The minimum absolute atomic E-state index is 0.164. The number of para-hydroxylation sites is 1. The molecule has 0 unspecified atom stereocenters. The lowest BCUT2D eigenvalue weighted by Gasteiger charge is -2.36. The zero-order valence-electron chi connectivity index (χ0n) is 11.7. The lowest BCUT2D eigenvalue weighted by atomic mass is 9.93. The van der Waals surface area contributed by atoms with Crippen molar-refractivity contribution in [2.45, 2.75) is 44.6 Å². The molecule has 5 heteroatoms. The minimum atomic E-state index is -3.86. The van der Waals surface area contributed by atoms with Crippen molar-refractivity contribution < 1.29 is 13.0 Å². The van der Waals surface area contributed by atoms with Gasteiger partial charge in [0, 0.05) is 18.3 Å². The van der Waals surface area contributed by atoms with Gasteiger partial charge in [-0.25, -0.2) is 0 Å². The van der Waals surface area contributed by atoms with Gasteiger partial charge in [0.2, 0.25) is 0 Å². The average molecular weight is 297 g/mol. The van der Waals surface area contributed by atoms with Gasteiger partial charge in [0.15, 0.2) is 0 Å². The van der Waals surface area contributed by atoms with E-state index in [1.807, 2.05) is 18.2 Å². The van der Waals surface area contributed by atoms with Crippen LogP contribution in [-0.4, -0.2) is 31.3 Å². The van der Waals surface area contributed by atoms with Crippen LogP contribution >= 0.6 is 0 Å². The molecule has 1 saturated carbocycles. The van der Waals surface area contributed by atoms with Crippen molar-refractivity contribution in [3.05, 3.63) is 30.3 Å². The number of hydrogen-bond acceptors (Lipinski definition) is 3. The third-order valence-corrected chi connectivity index (χ3v) is 4.71. The van der Waals surface area contributed by atoms with Crippen LogP contribution in [0, 0.1) is 0 Å². The fourth-order valence-electron chi connectivity index (χ4n) is 2.95. The van der Waals surface area contributed by atoms with Crippen molar-refractivity contribution in [3.8, 4) is 0 Å². The summed E-state index contributed by atoms with van der Waals surface area (Å²) >= 11 is 0. The fraction of sp³-hybridized carbons (Fsp3) is 0.600. The van der Waals surface area contributed by atoms with Crippen molar-refractivity contribution in [1.29, 1.82) is 0 Å². The van der Waals surface area contributed by atoms with E-state index in [0.29, 0.717) is 19.0 Å². The Hall–Kier alpha value is -1.07. The van der Waals surface area contributed by atoms with Crippen LogP contribution in [0.5, 0.6) is 0 Å². The second-order valence-corrected chi connectivity index (χ2v) is 7.03. The van der Waals surface area contributed by atoms with Crippen LogP contribution in [0.2, 0.25) is 0 Å². The van der Waals surface area contributed by atoms with Crippen LogP contribution in [0.3, 0.4) is 0 Å². The van der Waals surface area contributed by atoms with Gasteiger partial charge in [-0.15, -0.1) is 0 Å². The third kappa shape index (κ3) is 4.80. The molecular formula is C15H23NO3S. The summed E-state index contributed by atoms with van der Waals surface area (Å²) in [5.74, 6) is -0.164. The van der Waals surface area contributed by atoms with Crippen LogP contribution in [0.1, 0.15) is 38.5 Å². The molecule has 0 atom stereocenters. The molecule has 0 amide bonds. The Morgan fingerprint density at radius 2 is 1.75 bits per heavy atom. The molecule has 0 spiro atoms. The highest BCUT2D eigenvalue weighted by molar-refractivity contribution is 7.85.